The summed E-state index contributed by atoms with van der Waals surface area (Å²) in [5, 5.41) is 14.4. The molecule has 0 saturated heterocycles. The quantitative estimate of drug-likeness (QED) is 0.655. The van der Waals surface area contributed by atoms with E-state index in [1.807, 2.05) is 0 Å². The molecule has 1 aromatic carbocycles. The SMILES string of the molecule is CC(C)(N)c1nc(-c2cccc([N+](=O)[O-])c2)no1. The second kappa shape index (κ2) is 4.19. The molecular weight excluding hydrogens is 236 g/mol. The van der Waals surface area contributed by atoms with E-state index in [1.54, 1.807) is 26.0 Å². The van der Waals surface area contributed by atoms with Gasteiger partial charge in [0.15, 0.2) is 0 Å². The van der Waals surface area contributed by atoms with Crippen LogP contribution >= 0.6 is 0 Å². The molecule has 2 rings (SSSR count). The fourth-order valence-corrected chi connectivity index (χ4v) is 1.36. The molecule has 0 amide bonds. The summed E-state index contributed by atoms with van der Waals surface area (Å²) in [6.07, 6.45) is 0. The number of hydrogen-bond acceptors (Lipinski definition) is 6. The van der Waals surface area contributed by atoms with Gasteiger partial charge in [-0.15, -0.1) is 0 Å². The molecule has 0 spiro atoms. The molecule has 2 aromatic rings. The Balaban J connectivity index is 2.40. The molecule has 0 aliphatic rings. The van der Waals surface area contributed by atoms with Crippen LogP contribution in [-0.2, 0) is 5.54 Å². The number of nitro groups is 1. The highest BCUT2D eigenvalue weighted by molar-refractivity contribution is 5.58. The monoisotopic (exact) mass is 248 g/mol. The first-order valence-corrected chi connectivity index (χ1v) is 5.26. The molecule has 0 fully saturated rings. The topological polar surface area (TPSA) is 108 Å². The Morgan fingerprint density at radius 3 is 2.72 bits per heavy atom. The van der Waals surface area contributed by atoms with Gasteiger partial charge < -0.3 is 10.3 Å². The van der Waals surface area contributed by atoms with E-state index in [0.29, 0.717) is 5.56 Å². The molecule has 1 heterocycles. The van der Waals surface area contributed by atoms with Crippen molar-refractivity contribution in [3.63, 3.8) is 0 Å². The van der Waals surface area contributed by atoms with Crippen LogP contribution in [0, 0.1) is 10.1 Å². The van der Waals surface area contributed by atoms with Gasteiger partial charge in [0, 0.05) is 17.7 Å². The first kappa shape index (κ1) is 12.2. The lowest BCUT2D eigenvalue weighted by Gasteiger charge is -2.10. The lowest BCUT2D eigenvalue weighted by molar-refractivity contribution is -0.384. The number of nitro benzene ring substituents is 1. The van der Waals surface area contributed by atoms with E-state index in [2.05, 4.69) is 10.1 Å². The average Bonchev–Trinajstić information content (AvgIpc) is 2.78. The van der Waals surface area contributed by atoms with Crippen molar-refractivity contribution in [2.24, 2.45) is 5.73 Å². The summed E-state index contributed by atoms with van der Waals surface area (Å²) >= 11 is 0. The highest BCUT2D eigenvalue weighted by atomic mass is 16.6. The van der Waals surface area contributed by atoms with Crippen molar-refractivity contribution in [1.82, 2.24) is 10.1 Å². The number of nitrogens with zero attached hydrogens (tertiary/aromatic N) is 3. The van der Waals surface area contributed by atoms with Gasteiger partial charge in [0.2, 0.25) is 11.7 Å². The fourth-order valence-electron chi connectivity index (χ4n) is 1.36. The third-order valence-electron chi connectivity index (χ3n) is 2.29. The lowest BCUT2D eigenvalue weighted by atomic mass is 10.1. The minimum atomic E-state index is -0.744. The Kier molecular flexibility index (Phi) is 2.84. The van der Waals surface area contributed by atoms with Gasteiger partial charge >= 0.3 is 0 Å². The summed E-state index contributed by atoms with van der Waals surface area (Å²) in [5.74, 6) is 0.566. The van der Waals surface area contributed by atoms with Crippen molar-refractivity contribution in [2.75, 3.05) is 0 Å². The van der Waals surface area contributed by atoms with E-state index in [4.69, 9.17) is 10.3 Å². The Morgan fingerprint density at radius 2 is 2.17 bits per heavy atom. The molecule has 94 valence electrons. The van der Waals surface area contributed by atoms with Crippen LogP contribution in [0.25, 0.3) is 11.4 Å². The summed E-state index contributed by atoms with van der Waals surface area (Å²) in [6.45, 7) is 3.47. The molecule has 0 aliphatic heterocycles. The Morgan fingerprint density at radius 1 is 1.44 bits per heavy atom. The maximum Gasteiger partial charge on any atom is 0.270 e. The zero-order valence-electron chi connectivity index (χ0n) is 9.95. The van der Waals surface area contributed by atoms with Gasteiger partial charge in [-0.05, 0) is 13.8 Å². The molecule has 0 bridgehead atoms. The van der Waals surface area contributed by atoms with Gasteiger partial charge in [0.05, 0.1) is 10.5 Å². The second-order valence-electron chi connectivity index (χ2n) is 4.45. The maximum atomic E-state index is 10.7. The van der Waals surface area contributed by atoms with Gasteiger partial charge in [-0.3, -0.25) is 10.1 Å². The maximum absolute atomic E-state index is 10.7. The Hall–Kier alpha value is -2.28. The predicted octanol–water partition coefficient (Wildman–Crippen LogP) is 1.84. The average molecular weight is 248 g/mol. The van der Waals surface area contributed by atoms with E-state index in [9.17, 15) is 10.1 Å². The largest absolute Gasteiger partial charge is 0.337 e. The van der Waals surface area contributed by atoms with Gasteiger partial charge in [-0.2, -0.15) is 4.98 Å². The first-order valence-electron chi connectivity index (χ1n) is 5.26. The minimum absolute atomic E-state index is 0.0224. The summed E-state index contributed by atoms with van der Waals surface area (Å²) in [7, 11) is 0. The van der Waals surface area contributed by atoms with Gasteiger partial charge in [-0.1, -0.05) is 17.3 Å². The van der Waals surface area contributed by atoms with E-state index >= 15 is 0 Å². The molecule has 1 aromatic heterocycles. The number of aromatic nitrogens is 2. The van der Waals surface area contributed by atoms with Crippen molar-refractivity contribution < 1.29 is 9.45 Å². The van der Waals surface area contributed by atoms with Crippen molar-refractivity contribution in [3.8, 4) is 11.4 Å². The number of nitrogens with two attached hydrogens (primary N) is 1. The van der Waals surface area contributed by atoms with Crippen LogP contribution in [0.15, 0.2) is 28.8 Å². The highest BCUT2D eigenvalue weighted by Gasteiger charge is 2.23. The first-order chi connectivity index (χ1) is 8.38. The van der Waals surface area contributed by atoms with Crippen molar-refractivity contribution in [1.29, 1.82) is 0 Å². The zero-order valence-corrected chi connectivity index (χ0v) is 9.95. The second-order valence-corrected chi connectivity index (χ2v) is 4.45. The number of non-ortho nitro benzene ring substituents is 1. The van der Waals surface area contributed by atoms with Crippen molar-refractivity contribution in [3.05, 3.63) is 40.3 Å². The standard InChI is InChI=1S/C11H12N4O3/c1-11(2,12)10-13-9(14-18-10)7-4-3-5-8(6-7)15(16)17/h3-6H,12H2,1-2H3. The van der Waals surface area contributed by atoms with Gasteiger partial charge in [-0.25, -0.2) is 0 Å². The molecular formula is C11H12N4O3. The van der Waals surface area contributed by atoms with Crippen LogP contribution in [0.1, 0.15) is 19.7 Å². The van der Waals surface area contributed by atoms with E-state index < -0.39 is 10.5 Å². The highest BCUT2D eigenvalue weighted by Crippen LogP contribution is 2.23. The zero-order chi connectivity index (χ0) is 13.3. The molecule has 18 heavy (non-hydrogen) atoms. The van der Waals surface area contributed by atoms with Crippen LogP contribution in [-0.4, -0.2) is 15.1 Å². The van der Waals surface area contributed by atoms with Gasteiger partial charge in [0.1, 0.15) is 0 Å². The fraction of sp³-hybridized carbons (Fsp3) is 0.273. The van der Waals surface area contributed by atoms with Crippen LogP contribution in [0.4, 0.5) is 5.69 Å². The molecule has 7 heteroatoms. The molecule has 0 aliphatic carbocycles. The molecule has 0 atom stereocenters. The normalized spacial score (nSPS) is 11.5. The number of rotatable bonds is 3. The van der Waals surface area contributed by atoms with E-state index in [-0.39, 0.29) is 17.4 Å². The molecule has 2 N–H and O–H groups in total. The van der Waals surface area contributed by atoms with Crippen LogP contribution in [0.5, 0.6) is 0 Å². The minimum Gasteiger partial charge on any atom is -0.337 e. The molecule has 7 nitrogen and oxygen atoms in total. The lowest BCUT2D eigenvalue weighted by Crippen LogP contribution is -2.28. The predicted molar refractivity (Wildman–Crippen MR) is 63.6 cm³/mol. The smallest absolute Gasteiger partial charge is 0.270 e. The summed E-state index contributed by atoms with van der Waals surface area (Å²) in [4.78, 5) is 14.3. The Labute approximate surface area is 103 Å². The molecule has 0 unspecified atom stereocenters. The summed E-state index contributed by atoms with van der Waals surface area (Å²) in [5.41, 5.74) is 5.57. The number of hydrogen-bond donors (Lipinski definition) is 1. The molecule has 0 saturated carbocycles. The van der Waals surface area contributed by atoms with Crippen molar-refractivity contribution >= 4 is 5.69 Å². The van der Waals surface area contributed by atoms with E-state index in [0.717, 1.165) is 0 Å². The molecule has 0 radical (unpaired) electrons. The Bertz CT molecular complexity index is 586. The van der Waals surface area contributed by atoms with Crippen molar-refractivity contribution in [2.45, 2.75) is 19.4 Å². The third kappa shape index (κ3) is 2.35. The summed E-state index contributed by atoms with van der Waals surface area (Å²) < 4.78 is 5.03. The van der Waals surface area contributed by atoms with Crippen LogP contribution in [0.2, 0.25) is 0 Å². The summed E-state index contributed by atoms with van der Waals surface area (Å²) in [6, 6.07) is 6.03. The van der Waals surface area contributed by atoms with Crippen LogP contribution < -0.4 is 5.73 Å². The van der Waals surface area contributed by atoms with Gasteiger partial charge in [0.25, 0.3) is 5.69 Å². The van der Waals surface area contributed by atoms with Crippen LogP contribution in [0.3, 0.4) is 0 Å². The third-order valence-corrected chi connectivity index (χ3v) is 2.29. The van der Waals surface area contributed by atoms with E-state index in [1.165, 1.54) is 12.1 Å². The number of benzene rings is 1.